The molecule has 0 bridgehead atoms. The zero-order valence-corrected chi connectivity index (χ0v) is 9.20. The number of carbonyl (C=O) groups excluding carboxylic acids is 1. The summed E-state index contributed by atoms with van der Waals surface area (Å²) in [6.07, 6.45) is -0.710. The molecule has 1 aliphatic rings. The van der Waals surface area contributed by atoms with Gasteiger partial charge < -0.3 is 4.90 Å². The number of anilines is 1. The van der Waals surface area contributed by atoms with E-state index in [1.54, 1.807) is 7.05 Å². The molecule has 5 heteroatoms. The van der Waals surface area contributed by atoms with E-state index in [0.717, 1.165) is 0 Å². The number of likely N-dealkylation sites (N-methyl/N-ethyl adjacent to an activating group) is 1. The SMILES string of the molecule is CN1C(=O)Cc2cc(C(F)(F)CC#N)ccc21. The van der Waals surface area contributed by atoms with Crippen LogP contribution in [0.1, 0.15) is 17.5 Å². The molecule has 0 radical (unpaired) electrons. The van der Waals surface area contributed by atoms with Crippen molar-refractivity contribution in [2.75, 3.05) is 11.9 Å². The van der Waals surface area contributed by atoms with Crippen LogP contribution in [0.25, 0.3) is 0 Å². The molecule has 1 aromatic carbocycles. The summed E-state index contributed by atoms with van der Waals surface area (Å²) in [5.41, 5.74) is 1.04. The van der Waals surface area contributed by atoms with E-state index in [2.05, 4.69) is 0 Å². The fourth-order valence-electron chi connectivity index (χ4n) is 1.90. The summed E-state index contributed by atoms with van der Waals surface area (Å²) >= 11 is 0. The number of nitrogens with zero attached hydrogens (tertiary/aromatic N) is 2. The highest BCUT2D eigenvalue weighted by Gasteiger charge is 2.33. The highest BCUT2D eigenvalue weighted by atomic mass is 19.3. The Morgan fingerprint density at radius 3 is 2.88 bits per heavy atom. The van der Waals surface area contributed by atoms with Crippen LogP contribution in [0.4, 0.5) is 14.5 Å². The van der Waals surface area contributed by atoms with Gasteiger partial charge >= 0.3 is 0 Å². The molecule has 1 amide bonds. The third kappa shape index (κ3) is 1.86. The Bertz CT molecular complexity index is 520. The van der Waals surface area contributed by atoms with Gasteiger partial charge in [-0.2, -0.15) is 5.26 Å². The maximum Gasteiger partial charge on any atom is 0.286 e. The van der Waals surface area contributed by atoms with Crippen molar-refractivity contribution in [3.05, 3.63) is 29.3 Å². The summed E-state index contributed by atoms with van der Waals surface area (Å²) < 4.78 is 27.0. The number of hydrogen-bond acceptors (Lipinski definition) is 2. The minimum absolute atomic E-state index is 0.110. The first-order valence-electron chi connectivity index (χ1n) is 5.10. The van der Waals surface area contributed by atoms with Gasteiger partial charge in [0.25, 0.3) is 5.92 Å². The fourth-order valence-corrected chi connectivity index (χ4v) is 1.90. The molecule has 0 atom stereocenters. The molecule has 0 unspecified atom stereocenters. The minimum atomic E-state index is -3.16. The average molecular weight is 236 g/mol. The predicted molar refractivity (Wildman–Crippen MR) is 57.7 cm³/mol. The van der Waals surface area contributed by atoms with E-state index in [-0.39, 0.29) is 17.9 Å². The van der Waals surface area contributed by atoms with Gasteiger partial charge in [0.15, 0.2) is 0 Å². The van der Waals surface area contributed by atoms with E-state index in [0.29, 0.717) is 11.3 Å². The summed E-state index contributed by atoms with van der Waals surface area (Å²) in [6.45, 7) is 0. The second-order valence-corrected chi connectivity index (χ2v) is 4.01. The lowest BCUT2D eigenvalue weighted by atomic mass is 10.0. The monoisotopic (exact) mass is 236 g/mol. The summed E-state index contributed by atoms with van der Waals surface area (Å²) in [7, 11) is 1.61. The van der Waals surface area contributed by atoms with Gasteiger partial charge in [0.2, 0.25) is 5.91 Å². The first-order valence-corrected chi connectivity index (χ1v) is 5.10. The number of carbonyl (C=O) groups is 1. The molecule has 17 heavy (non-hydrogen) atoms. The van der Waals surface area contributed by atoms with E-state index in [9.17, 15) is 13.6 Å². The molecule has 0 aliphatic carbocycles. The molecular weight excluding hydrogens is 226 g/mol. The van der Waals surface area contributed by atoms with E-state index in [4.69, 9.17) is 5.26 Å². The Kier molecular flexibility index (Phi) is 2.58. The number of nitriles is 1. The van der Waals surface area contributed by atoms with Gasteiger partial charge in [-0.3, -0.25) is 4.79 Å². The van der Waals surface area contributed by atoms with Crippen molar-refractivity contribution < 1.29 is 13.6 Å². The first kappa shape index (κ1) is 11.5. The van der Waals surface area contributed by atoms with Gasteiger partial charge in [-0.15, -0.1) is 0 Å². The van der Waals surface area contributed by atoms with Crippen molar-refractivity contribution >= 4 is 11.6 Å². The third-order valence-corrected chi connectivity index (χ3v) is 2.88. The van der Waals surface area contributed by atoms with Crippen LogP contribution in [0.15, 0.2) is 18.2 Å². The average Bonchev–Trinajstić information content (AvgIpc) is 2.54. The van der Waals surface area contributed by atoms with Gasteiger partial charge in [0, 0.05) is 18.3 Å². The molecule has 0 spiro atoms. The van der Waals surface area contributed by atoms with E-state index >= 15 is 0 Å². The predicted octanol–water partition coefficient (Wildman–Crippen LogP) is 2.21. The highest BCUT2D eigenvalue weighted by Crippen LogP contribution is 2.36. The molecule has 88 valence electrons. The van der Waals surface area contributed by atoms with E-state index in [1.807, 2.05) is 0 Å². The lowest BCUT2D eigenvalue weighted by Crippen LogP contribution is -2.20. The zero-order chi connectivity index (χ0) is 12.6. The molecule has 1 heterocycles. The molecule has 2 rings (SSSR count). The topological polar surface area (TPSA) is 44.1 Å². The minimum Gasteiger partial charge on any atom is -0.315 e. The number of halogens is 2. The molecule has 0 N–H and O–H groups in total. The van der Waals surface area contributed by atoms with Crippen LogP contribution in [0, 0.1) is 11.3 Å². The normalized spacial score (nSPS) is 14.7. The van der Waals surface area contributed by atoms with Crippen molar-refractivity contribution in [1.29, 1.82) is 5.26 Å². The molecule has 0 aromatic heterocycles. The standard InChI is InChI=1S/C12H10F2N2O/c1-16-10-3-2-9(12(13,14)4-5-15)6-8(10)7-11(16)17/h2-3,6H,4,7H2,1H3. The lowest BCUT2D eigenvalue weighted by molar-refractivity contribution is -0.117. The van der Waals surface area contributed by atoms with Gasteiger partial charge in [-0.05, 0) is 17.7 Å². The highest BCUT2D eigenvalue weighted by molar-refractivity contribution is 6.00. The van der Waals surface area contributed by atoms with Crippen molar-refractivity contribution in [3.8, 4) is 6.07 Å². The van der Waals surface area contributed by atoms with Crippen LogP contribution >= 0.6 is 0 Å². The van der Waals surface area contributed by atoms with E-state index in [1.165, 1.54) is 29.2 Å². The zero-order valence-electron chi connectivity index (χ0n) is 9.20. The Balaban J connectivity index is 2.40. The number of fused-ring (bicyclic) bond motifs is 1. The Morgan fingerprint density at radius 2 is 2.24 bits per heavy atom. The Labute approximate surface area is 97.3 Å². The van der Waals surface area contributed by atoms with Gasteiger partial charge in [-0.1, -0.05) is 6.07 Å². The number of alkyl halides is 2. The van der Waals surface area contributed by atoms with Crippen molar-refractivity contribution in [1.82, 2.24) is 0 Å². The molecular formula is C12H10F2N2O. The van der Waals surface area contributed by atoms with Crippen LogP contribution in [-0.4, -0.2) is 13.0 Å². The number of benzene rings is 1. The van der Waals surface area contributed by atoms with Crippen molar-refractivity contribution in [2.45, 2.75) is 18.8 Å². The maximum absolute atomic E-state index is 13.5. The van der Waals surface area contributed by atoms with Gasteiger partial charge in [-0.25, -0.2) is 8.78 Å². The van der Waals surface area contributed by atoms with Crippen LogP contribution < -0.4 is 4.90 Å². The molecule has 1 aromatic rings. The fraction of sp³-hybridized carbons (Fsp3) is 0.333. The molecule has 3 nitrogen and oxygen atoms in total. The molecule has 0 fully saturated rings. The largest absolute Gasteiger partial charge is 0.315 e. The second kappa shape index (κ2) is 3.81. The number of amides is 1. The first-order chi connectivity index (χ1) is 7.95. The number of hydrogen-bond donors (Lipinski definition) is 0. The van der Waals surface area contributed by atoms with Crippen LogP contribution in [0.5, 0.6) is 0 Å². The van der Waals surface area contributed by atoms with Crippen molar-refractivity contribution in [3.63, 3.8) is 0 Å². The maximum atomic E-state index is 13.5. The molecule has 0 saturated carbocycles. The van der Waals surface area contributed by atoms with Gasteiger partial charge in [0.05, 0.1) is 12.5 Å². The quantitative estimate of drug-likeness (QED) is 0.790. The molecule has 0 saturated heterocycles. The summed E-state index contributed by atoms with van der Waals surface area (Å²) in [4.78, 5) is 12.8. The Hall–Kier alpha value is -1.96. The summed E-state index contributed by atoms with van der Waals surface area (Å²) in [5.74, 6) is -3.27. The smallest absolute Gasteiger partial charge is 0.286 e. The van der Waals surface area contributed by atoms with Crippen LogP contribution in [0.2, 0.25) is 0 Å². The third-order valence-electron chi connectivity index (χ3n) is 2.88. The molecule has 1 aliphatic heterocycles. The van der Waals surface area contributed by atoms with Crippen LogP contribution in [-0.2, 0) is 17.1 Å². The lowest BCUT2D eigenvalue weighted by Gasteiger charge is -2.15. The van der Waals surface area contributed by atoms with Crippen LogP contribution in [0.3, 0.4) is 0 Å². The second-order valence-electron chi connectivity index (χ2n) is 4.01. The van der Waals surface area contributed by atoms with E-state index < -0.39 is 12.3 Å². The Morgan fingerprint density at radius 1 is 1.53 bits per heavy atom. The van der Waals surface area contributed by atoms with Gasteiger partial charge in [0.1, 0.15) is 6.42 Å². The van der Waals surface area contributed by atoms with Crippen molar-refractivity contribution in [2.24, 2.45) is 0 Å². The summed E-state index contributed by atoms with van der Waals surface area (Å²) in [5, 5.41) is 8.35. The number of rotatable bonds is 2. The summed E-state index contributed by atoms with van der Waals surface area (Å²) in [6, 6.07) is 5.55.